The molecule has 0 aliphatic heterocycles. The SMILES string of the molecule is CCC/C=C\C/C=C\CCCCCCCC(=O)OC(COC(=O)CCCCCCCCCCCCC)COC(=O)CCCCCCCCCCCCCCCCCC/C=C\C/C=C\C/C=C\CCCCCCC. The number of ether oxygens (including phenoxy) is 3. The Morgan fingerprint density at radius 2 is 0.521 bits per heavy atom. The maximum Gasteiger partial charge on any atom is 0.306 e. The van der Waals surface area contributed by atoms with Gasteiger partial charge in [-0.25, -0.2) is 0 Å². The zero-order valence-corrected chi connectivity index (χ0v) is 48.7. The van der Waals surface area contributed by atoms with E-state index in [2.05, 4.69) is 81.5 Å². The molecule has 0 rings (SSSR count). The van der Waals surface area contributed by atoms with E-state index in [1.165, 1.54) is 186 Å². The lowest BCUT2D eigenvalue weighted by Gasteiger charge is -2.18. The molecule has 73 heavy (non-hydrogen) atoms. The minimum Gasteiger partial charge on any atom is -0.462 e. The van der Waals surface area contributed by atoms with Gasteiger partial charge in [-0.2, -0.15) is 0 Å². The van der Waals surface area contributed by atoms with E-state index in [1.54, 1.807) is 0 Å². The normalized spacial score (nSPS) is 12.4. The molecule has 0 aromatic heterocycles. The van der Waals surface area contributed by atoms with Crippen LogP contribution in [0, 0.1) is 0 Å². The molecule has 0 aliphatic rings. The summed E-state index contributed by atoms with van der Waals surface area (Å²) in [7, 11) is 0. The Labute approximate surface area is 453 Å². The van der Waals surface area contributed by atoms with Crippen LogP contribution in [0.4, 0.5) is 0 Å². The monoisotopic (exact) mass is 1020 g/mol. The van der Waals surface area contributed by atoms with Crippen LogP contribution in [-0.2, 0) is 28.6 Å². The molecule has 0 aromatic carbocycles. The number of carbonyl (C=O) groups excluding carboxylic acids is 3. The summed E-state index contributed by atoms with van der Waals surface area (Å²) >= 11 is 0. The van der Waals surface area contributed by atoms with E-state index in [-0.39, 0.29) is 31.1 Å². The van der Waals surface area contributed by atoms with Gasteiger partial charge in [-0.1, -0.05) is 287 Å². The highest BCUT2D eigenvalue weighted by atomic mass is 16.6. The van der Waals surface area contributed by atoms with Gasteiger partial charge in [0, 0.05) is 19.3 Å². The molecular formula is C67H120O6. The first-order valence-corrected chi connectivity index (χ1v) is 31.8. The fraction of sp³-hybridized carbons (Fsp3) is 0.806. The minimum atomic E-state index is -0.778. The van der Waals surface area contributed by atoms with Crippen LogP contribution in [-0.4, -0.2) is 37.2 Å². The van der Waals surface area contributed by atoms with Crippen molar-refractivity contribution in [3.05, 3.63) is 60.8 Å². The summed E-state index contributed by atoms with van der Waals surface area (Å²) in [4.78, 5) is 38.1. The lowest BCUT2D eigenvalue weighted by Crippen LogP contribution is -2.30. The standard InChI is InChI=1S/C67H120O6/c1-4-7-10-13-16-19-22-24-25-26-27-28-29-30-31-32-33-34-35-36-37-38-39-40-41-43-45-48-51-54-57-60-66(69)72-63-64(62-71-65(68)59-56-53-50-47-44-21-18-15-12-9-6-3)73-67(70)61-58-55-52-49-46-42-23-20-17-14-11-8-5-2/h11,14,20,22-24,26-27,29-30,64H,4-10,12-13,15-19,21,25,28,31-63H2,1-3H3/b14-11-,23-20-,24-22-,27-26-,30-29-. The molecule has 0 aromatic rings. The van der Waals surface area contributed by atoms with Crippen molar-refractivity contribution >= 4 is 17.9 Å². The molecule has 1 unspecified atom stereocenters. The van der Waals surface area contributed by atoms with Gasteiger partial charge in [0.25, 0.3) is 0 Å². The molecule has 0 aliphatic carbocycles. The van der Waals surface area contributed by atoms with E-state index in [0.717, 1.165) is 103 Å². The maximum atomic E-state index is 12.8. The summed E-state index contributed by atoms with van der Waals surface area (Å²) in [6, 6.07) is 0. The molecule has 0 spiro atoms. The van der Waals surface area contributed by atoms with Crippen molar-refractivity contribution in [2.75, 3.05) is 13.2 Å². The summed E-state index contributed by atoms with van der Waals surface area (Å²) in [5.74, 6) is -0.877. The summed E-state index contributed by atoms with van der Waals surface area (Å²) in [6.07, 6.45) is 78.2. The Kier molecular flexibility index (Phi) is 59.2. The van der Waals surface area contributed by atoms with Crippen molar-refractivity contribution in [3.8, 4) is 0 Å². The first-order chi connectivity index (χ1) is 36.0. The molecule has 0 amide bonds. The quantitative estimate of drug-likeness (QED) is 0.0261. The van der Waals surface area contributed by atoms with Crippen molar-refractivity contribution in [1.29, 1.82) is 0 Å². The smallest absolute Gasteiger partial charge is 0.306 e. The topological polar surface area (TPSA) is 78.9 Å². The van der Waals surface area contributed by atoms with E-state index in [1.807, 2.05) is 0 Å². The van der Waals surface area contributed by atoms with Gasteiger partial charge in [0.2, 0.25) is 0 Å². The highest BCUT2D eigenvalue weighted by Crippen LogP contribution is 2.17. The Balaban J connectivity index is 4.10. The number of unbranched alkanes of at least 4 members (excludes halogenated alkanes) is 37. The Hall–Kier alpha value is -2.89. The lowest BCUT2D eigenvalue weighted by molar-refractivity contribution is -0.167. The second-order valence-electron chi connectivity index (χ2n) is 21.3. The van der Waals surface area contributed by atoms with E-state index < -0.39 is 6.10 Å². The van der Waals surface area contributed by atoms with Crippen LogP contribution in [0.15, 0.2) is 60.8 Å². The molecule has 424 valence electrons. The van der Waals surface area contributed by atoms with Crippen LogP contribution in [0.2, 0.25) is 0 Å². The number of rotatable bonds is 58. The van der Waals surface area contributed by atoms with Crippen LogP contribution in [0.5, 0.6) is 0 Å². The number of hydrogen-bond donors (Lipinski definition) is 0. The van der Waals surface area contributed by atoms with Crippen molar-refractivity contribution in [2.24, 2.45) is 0 Å². The molecule has 6 nitrogen and oxygen atoms in total. The van der Waals surface area contributed by atoms with Crippen LogP contribution < -0.4 is 0 Å². The minimum absolute atomic E-state index is 0.0760. The third kappa shape index (κ3) is 59.9. The third-order valence-corrected chi connectivity index (χ3v) is 14.0. The molecule has 0 heterocycles. The predicted molar refractivity (Wildman–Crippen MR) is 316 cm³/mol. The Morgan fingerprint density at radius 3 is 0.822 bits per heavy atom. The summed E-state index contributed by atoms with van der Waals surface area (Å²) in [5.41, 5.74) is 0. The van der Waals surface area contributed by atoms with Gasteiger partial charge in [-0.15, -0.1) is 0 Å². The van der Waals surface area contributed by atoms with E-state index >= 15 is 0 Å². The average molecular weight is 1020 g/mol. The third-order valence-electron chi connectivity index (χ3n) is 14.0. The Morgan fingerprint density at radius 1 is 0.274 bits per heavy atom. The molecule has 0 bridgehead atoms. The fourth-order valence-corrected chi connectivity index (χ4v) is 9.20. The number of hydrogen-bond acceptors (Lipinski definition) is 6. The summed E-state index contributed by atoms with van der Waals surface area (Å²) < 4.78 is 16.9. The van der Waals surface area contributed by atoms with Crippen LogP contribution in [0.3, 0.4) is 0 Å². The van der Waals surface area contributed by atoms with Gasteiger partial charge in [0.15, 0.2) is 6.10 Å². The number of esters is 3. The molecule has 0 fully saturated rings. The van der Waals surface area contributed by atoms with Gasteiger partial charge >= 0.3 is 17.9 Å². The van der Waals surface area contributed by atoms with Crippen molar-refractivity contribution in [2.45, 2.75) is 335 Å². The zero-order chi connectivity index (χ0) is 52.9. The number of carbonyl (C=O) groups is 3. The second kappa shape index (κ2) is 61.7. The number of allylic oxidation sites excluding steroid dienone is 10. The zero-order valence-electron chi connectivity index (χ0n) is 48.7. The molecular weight excluding hydrogens is 901 g/mol. The first-order valence-electron chi connectivity index (χ1n) is 31.8. The second-order valence-corrected chi connectivity index (χ2v) is 21.3. The van der Waals surface area contributed by atoms with E-state index in [9.17, 15) is 14.4 Å². The highest BCUT2D eigenvalue weighted by Gasteiger charge is 2.19. The van der Waals surface area contributed by atoms with Crippen molar-refractivity contribution in [3.63, 3.8) is 0 Å². The molecule has 0 N–H and O–H groups in total. The first kappa shape index (κ1) is 70.1. The maximum absolute atomic E-state index is 12.8. The highest BCUT2D eigenvalue weighted by molar-refractivity contribution is 5.71. The average Bonchev–Trinajstić information content (AvgIpc) is 3.39. The van der Waals surface area contributed by atoms with E-state index in [0.29, 0.717) is 19.3 Å². The largest absolute Gasteiger partial charge is 0.462 e. The van der Waals surface area contributed by atoms with Gasteiger partial charge in [-0.3, -0.25) is 14.4 Å². The molecule has 0 saturated heterocycles. The van der Waals surface area contributed by atoms with Gasteiger partial charge in [0.05, 0.1) is 0 Å². The van der Waals surface area contributed by atoms with Crippen LogP contribution in [0.1, 0.15) is 329 Å². The van der Waals surface area contributed by atoms with Gasteiger partial charge in [-0.05, 0) is 83.5 Å². The van der Waals surface area contributed by atoms with Crippen LogP contribution >= 0.6 is 0 Å². The van der Waals surface area contributed by atoms with E-state index in [4.69, 9.17) is 14.2 Å². The predicted octanol–water partition coefficient (Wildman–Crippen LogP) is 21.6. The molecule has 1 atom stereocenters. The molecule has 6 heteroatoms. The summed E-state index contributed by atoms with van der Waals surface area (Å²) in [5, 5.41) is 0. The van der Waals surface area contributed by atoms with Crippen molar-refractivity contribution in [1.82, 2.24) is 0 Å². The van der Waals surface area contributed by atoms with Gasteiger partial charge in [0.1, 0.15) is 13.2 Å². The molecule has 0 radical (unpaired) electrons. The lowest BCUT2D eigenvalue weighted by atomic mass is 10.0. The summed E-state index contributed by atoms with van der Waals surface area (Å²) in [6.45, 7) is 6.58. The van der Waals surface area contributed by atoms with Crippen LogP contribution in [0.25, 0.3) is 0 Å². The van der Waals surface area contributed by atoms with Crippen molar-refractivity contribution < 1.29 is 28.6 Å². The van der Waals surface area contributed by atoms with Gasteiger partial charge < -0.3 is 14.2 Å². The fourth-order valence-electron chi connectivity index (χ4n) is 9.20. The molecule has 0 saturated carbocycles. The Bertz CT molecular complexity index is 1310.